The second kappa shape index (κ2) is 5.32. The summed E-state index contributed by atoms with van der Waals surface area (Å²) in [6.45, 7) is 0. The van der Waals surface area contributed by atoms with Gasteiger partial charge in [-0.3, -0.25) is 14.6 Å². The van der Waals surface area contributed by atoms with Crippen molar-refractivity contribution < 1.29 is 0 Å². The first kappa shape index (κ1) is 13.2. The fourth-order valence-corrected chi connectivity index (χ4v) is 2.49. The van der Waals surface area contributed by atoms with Gasteiger partial charge in [-0.2, -0.15) is 5.10 Å². The third-order valence-corrected chi connectivity index (χ3v) is 3.43. The van der Waals surface area contributed by atoms with Crippen molar-refractivity contribution in [2.24, 2.45) is 0 Å². The molecule has 1 N–H and O–H groups in total. The van der Waals surface area contributed by atoms with Crippen LogP contribution in [0.4, 0.5) is 0 Å². The fourth-order valence-electron chi connectivity index (χ4n) is 1.77. The molecular formula is C12H7Cl2N5S. The van der Waals surface area contributed by atoms with E-state index in [1.165, 1.54) is 0 Å². The van der Waals surface area contributed by atoms with Gasteiger partial charge in [-0.05, 0) is 30.4 Å². The van der Waals surface area contributed by atoms with Gasteiger partial charge in [0.2, 0.25) is 0 Å². The fraction of sp³-hybridized carbons (Fsp3) is 0. The molecule has 2 heterocycles. The van der Waals surface area contributed by atoms with Gasteiger partial charge in [-0.25, -0.2) is 4.98 Å². The number of aromatic nitrogens is 5. The molecular weight excluding hydrogens is 317 g/mol. The maximum Gasteiger partial charge on any atom is 0.200 e. The van der Waals surface area contributed by atoms with E-state index in [0.29, 0.717) is 32.0 Å². The number of aromatic amines is 1. The summed E-state index contributed by atoms with van der Waals surface area (Å²) in [5, 5.41) is 7.93. The predicted molar refractivity (Wildman–Crippen MR) is 79.8 cm³/mol. The first-order valence-corrected chi connectivity index (χ1v) is 6.72. The Hall–Kier alpha value is -1.76. The molecule has 0 spiro atoms. The van der Waals surface area contributed by atoms with Crippen molar-refractivity contribution >= 4 is 35.4 Å². The van der Waals surface area contributed by atoms with Gasteiger partial charge in [0.15, 0.2) is 10.6 Å². The minimum Gasteiger partial charge on any atom is -0.265 e. The van der Waals surface area contributed by atoms with Gasteiger partial charge < -0.3 is 0 Å². The van der Waals surface area contributed by atoms with Crippen molar-refractivity contribution in [1.29, 1.82) is 0 Å². The Balaban J connectivity index is 2.25. The Morgan fingerprint density at radius 2 is 2.05 bits per heavy atom. The monoisotopic (exact) mass is 323 g/mol. The highest BCUT2D eigenvalue weighted by Gasteiger charge is 2.14. The van der Waals surface area contributed by atoms with Crippen molar-refractivity contribution in [1.82, 2.24) is 24.7 Å². The van der Waals surface area contributed by atoms with Gasteiger partial charge in [0.25, 0.3) is 0 Å². The molecule has 100 valence electrons. The van der Waals surface area contributed by atoms with Crippen LogP contribution in [-0.4, -0.2) is 24.7 Å². The van der Waals surface area contributed by atoms with Crippen LogP contribution < -0.4 is 0 Å². The number of nitrogens with one attached hydrogen (secondary N) is 1. The highest BCUT2D eigenvalue weighted by atomic mass is 35.5. The van der Waals surface area contributed by atoms with E-state index in [2.05, 4.69) is 20.2 Å². The van der Waals surface area contributed by atoms with Crippen molar-refractivity contribution in [3.8, 4) is 17.2 Å². The van der Waals surface area contributed by atoms with Crippen molar-refractivity contribution in [2.75, 3.05) is 0 Å². The molecule has 0 bridgehead atoms. The summed E-state index contributed by atoms with van der Waals surface area (Å²) in [4.78, 5) is 8.24. The zero-order valence-corrected chi connectivity index (χ0v) is 12.2. The Bertz CT molecular complexity index is 812. The number of H-pyrrole nitrogens is 1. The minimum absolute atomic E-state index is 0.412. The topological polar surface area (TPSA) is 59.4 Å². The first-order chi connectivity index (χ1) is 9.66. The van der Waals surface area contributed by atoms with Crippen LogP contribution in [0.2, 0.25) is 10.0 Å². The summed E-state index contributed by atoms with van der Waals surface area (Å²) >= 11 is 17.4. The lowest BCUT2D eigenvalue weighted by atomic mass is 10.3. The standard InChI is InChI=1S/C12H7Cl2N5S/c13-7-1-2-10(8(14)5-7)19-11(17-18-12(19)20)9-6-15-3-4-16-9/h1-6H,(H,18,20). The zero-order chi connectivity index (χ0) is 14.1. The van der Waals surface area contributed by atoms with E-state index >= 15 is 0 Å². The normalized spacial score (nSPS) is 10.7. The molecule has 0 saturated heterocycles. The summed E-state index contributed by atoms with van der Waals surface area (Å²) < 4.78 is 2.10. The summed E-state index contributed by atoms with van der Waals surface area (Å²) in [6.07, 6.45) is 4.77. The van der Waals surface area contributed by atoms with Crippen molar-refractivity contribution in [2.45, 2.75) is 0 Å². The smallest absolute Gasteiger partial charge is 0.200 e. The largest absolute Gasteiger partial charge is 0.265 e. The van der Waals surface area contributed by atoms with Gasteiger partial charge in [0.05, 0.1) is 16.9 Å². The van der Waals surface area contributed by atoms with Crippen molar-refractivity contribution in [3.05, 3.63) is 51.6 Å². The second-order valence-corrected chi connectivity index (χ2v) is 5.10. The first-order valence-electron chi connectivity index (χ1n) is 5.56. The number of halogens is 2. The van der Waals surface area contributed by atoms with E-state index in [-0.39, 0.29) is 0 Å². The zero-order valence-electron chi connectivity index (χ0n) is 9.92. The van der Waals surface area contributed by atoms with Gasteiger partial charge in [-0.1, -0.05) is 23.2 Å². The molecule has 0 saturated carbocycles. The number of rotatable bonds is 2. The number of hydrogen-bond acceptors (Lipinski definition) is 4. The van der Waals surface area contributed by atoms with Gasteiger partial charge >= 0.3 is 0 Å². The lowest BCUT2D eigenvalue weighted by Gasteiger charge is -2.08. The van der Waals surface area contributed by atoms with Crippen LogP contribution in [0.15, 0.2) is 36.8 Å². The summed E-state index contributed by atoms with van der Waals surface area (Å²) in [5.74, 6) is 0.535. The van der Waals surface area contributed by atoms with Gasteiger partial charge in [0, 0.05) is 17.4 Å². The number of benzene rings is 1. The molecule has 0 radical (unpaired) electrons. The highest BCUT2D eigenvalue weighted by molar-refractivity contribution is 7.71. The SMILES string of the molecule is S=c1[nH]nc(-c2cnccn2)n1-c1ccc(Cl)cc1Cl. The van der Waals surface area contributed by atoms with E-state index < -0.39 is 0 Å². The molecule has 0 fully saturated rings. The second-order valence-electron chi connectivity index (χ2n) is 3.87. The molecule has 0 aliphatic rings. The van der Waals surface area contributed by atoms with Gasteiger partial charge in [-0.15, -0.1) is 0 Å². The summed E-state index contributed by atoms with van der Waals surface area (Å²) in [7, 11) is 0. The van der Waals surface area contributed by atoms with Crippen LogP contribution in [0.25, 0.3) is 17.2 Å². The average Bonchev–Trinajstić information content (AvgIpc) is 2.82. The summed E-state index contributed by atoms with van der Waals surface area (Å²) in [6, 6.07) is 5.15. The lowest BCUT2D eigenvalue weighted by Crippen LogP contribution is -2.00. The van der Waals surface area contributed by atoms with Crippen molar-refractivity contribution in [3.63, 3.8) is 0 Å². The Morgan fingerprint density at radius 1 is 1.20 bits per heavy atom. The molecule has 0 atom stereocenters. The molecule has 2 aromatic heterocycles. The highest BCUT2D eigenvalue weighted by Crippen LogP contribution is 2.27. The molecule has 0 amide bonds. The Kier molecular flexibility index (Phi) is 3.52. The quantitative estimate of drug-likeness (QED) is 0.730. The molecule has 0 aliphatic heterocycles. The maximum absolute atomic E-state index is 6.22. The lowest BCUT2D eigenvalue weighted by molar-refractivity contribution is 1.02. The molecule has 3 aromatic rings. The molecule has 1 aromatic carbocycles. The Morgan fingerprint density at radius 3 is 2.75 bits per heavy atom. The molecule has 3 rings (SSSR count). The third-order valence-electron chi connectivity index (χ3n) is 2.62. The van der Waals surface area contributed by atoms with Gasteiger partial charge in [0.1, 0.15) is 5.69 Å². The maximum atomic E-state index is 6.22. The third kappa shape index (κ3) is 2.33. The van der Waals surface area contributed by atoms with E-state index in [0.717, 1.165) is 0 Å². The minimum atomic E-state index is 0.412. The van der Waals surface area contributed by atoms with Crippen LogP contribution in [0.3, 0.4) is 0 Å². The average molecular weight is 324 g/mol. The molecule has 20 heavy (non-hydrogen) atoms. The van der Waals surface area contributed by atoms with E-state index in [1.54, 1.807) is 41.4 Å². The molecule has 0 unspecified atom stereocenters. The van der Waals surface area contributed by atoms with E-state index in [9.17, 15) is 0 Å². The van der Waals surface area contributed by atoms with Crippen LogP contribution in [-0.2, 0) is 0 Å². The molecule has 5 nitrogen and oxygen atoms in total. The van der Waals surface area contributed by atoms with Crippen LogP contribution >= 0.6 is 35.4 Å². The van der Waals surface area contributed by atoms with Crippen LogP contribution in [0, 0.1) is 4.77 Å². The predicted octanol–water partition coefficient (Wildman–Crippen LogP) is 3.69. The number of nitrogens with zero attached hydrogens (tertiary/aromatic N) is 4. The van der Waals surface area contributed by atoms with Crippen LogP contribution in [0.1, 0.15) is 0 Å². The van der Waals surface area contributed by atoms with E-state index in [4.69, 9.17) is 35.4 Å². The molecule has 0 aliphatic carbocycles. The molecule has 8 heteroatoms. The summed E-state index contributed by atoms with van der Waals surface area (Å²) in [5.41, 5.74) is 1.27. The van der Waals surface area contributed by atoms with E-state index in [1.807, 2.05) is 0 Å². The Labute approximate surface area is 129 Å². The number of hydrogen-bond donors (Lipinski definition) is 1. The van der Waals surface area contributed by atoms with Crippen LogP contribution in [0.5, 0.6) is 0 Å².